The van der Waals surface area contributed by atoms with Gasteiger partial charge in [-0.1, -0.05) is 6.92 Å². The zero-order valence-corrected chi connectivity index (χ0v) is 12.2. The van der Waals surface area contributed by atoms with Crippen molar-refractivity contribution >= 4 is 0 Å². The van der Waals surface area contributed by atoms with E-state index in [9.17, 15) is 5.11 Å². The van der Waals surface area contributed by atoms with E-state index in [0.717, 1.165) is 25.9 Å². The normalized spacial score (nSPS) is 35.5. The first-order chi connectivity index (χ1) is 9.11. The number of nitrogens with one attached hydrogen (secondary N) is 1. The fourth-order valence-corrected chi connectivity index (χ4v) is 2.15. The minimum absolute atomic E-state index is 0.242. The van der Waals surface area contributed by atoms with E-state index in [1.54, 1.807) is 7.11 Å². The number of rotatable bonds is 8. The second kappa shape index (κ2) is 8.84. The van der Waals surface area contributed by atoms with Crippen molar-refractivity contribution in [1.82, 2.24) is 5.32 Å². The second-order valence-electron chi connectivity index (χ2n) is 4.91. The van der Waals surface area contributed by atoms with Gasteiger partial charge in [-0.25, -0.2) is 0 Å². The smallest absolute Gasteiger partial charge is 0.186 e. The Morgan fingerprint density at radius 2 is 2.11 bits per heavy atom. The molecule has 0 aliphatic carbocycles. The van der Waals surface area contributed by atoms with Gasteiger partial charge < -0.3 is 30.4 Å². The fraction of sp³-hybridized carbons (Fsp3) is 1.00. The first kappa shape index (κ1) is 16.8. The Morgan fingerprint density at radius 3 is 2.74 bits per heavy atom. The molecule has 0 radical (unpaired) electrons. The van der Waals surface area contributed by atoms with Crippen LogP contribution in [0.5, 0.6) is 0 Å². The Bertz CT molecular complexity index is 241. The summed E-state index contributed by atoms with van der Waals surface area (Å²) in [5, 5.41) is 13.4. The van der Waals surface area contributed by atoms with Crippen LogP contribution < -0.4 is 11.1 Å². The van der Waals surface area contributed by atoms with E-state index in [1.165, 1.54) is 0 Å². The molecule has 0 spiro atoms. The average Bonchev–Trinajstić information content (AvgIpc) is 2.41. The van der Waals surface area contributed by atoms with Crippen LogP contribution in [-0.4, -0.2) is 62.6 Å². The molecule has 1 heterocycles. The summed E-state index contributed by atoms with van der Waals surface area (Å²) in [5.41, 5.74) is 5.88. The number of unbranched alkanes of at least 4 members (excludes halogenated alkanes) is 1. The topological polar surface area (TPSA) is 86.0 Å². The molecular formula is C13H28N2O4. The van der Waals surface area contributed by atoms with Crippen LogP contribution in [0.2, 0.25) is 0 Å². The molecule has 19 heavy (non-hydrogen) atoms. The predicted molar refractivity (Wildman–Crippen MR) is 72.8 cm³/mol. The van der Waals surface area contributed by atoms with E-state index in [0.29, 0.717) is 6.61 Å². The molecule has 0 aromatic heterocycles. The third-order valence-corrected chi connectivity index (χ3v) is 3.43. The monoisotopic (exact) mass is 276 g/mol. The molecule has 1 aliphatic rings. The molecule has 0 aromatic carbocycles. The van der Waals surface area contributed by atoms with Gasteiger partial charge in [0, 0.05) is 13.7 Å². The number of hydrogen-bond donors (Lipinski definition) is 3. The minimum atomic E-state index is -0.762. The summed E-state index contributed by atoms with van der Waals surface area (Å²) in [7, 11) is 1.54. The van der Waals surface area contributed by atoms with E-state index in [2.05, 4.69) is 12.2 Å². The summed E-state index contributed by atoms with van der Waals surface area (Å²) in [6.45, 7) is 6.43. The third kappa shape index (κ3) is 4.98. The molecule has 1 rings (SSSR count). The Hall–Kier alpha value is -0.240. The first-order valence-electron chi connectivity index (χ1n) is 7.06. The molecule has 114 valence electrons. The van der Waals surface area contributed by atoms with Crippen molar-refractivity contribution in [3.63, 3.8) is 0 Å². The zero-order chi connectivity index (χ0) is 14.3. The Labute approximate surface area is 115 Å². The van der Waals surface area contributed by atoms with Gasteiger partial charge >= 0.3 is 0 Å². The van der Waals surface area contributed by atoms with E-state index in [-0.39, 0.29) is 6.10 Å². The highest BCUT2D eigenvalue weighted by Gasteiger charge is 2.42. The van der Waals surface area contributed by atoms with Gasteiger partial charge in [0.05, 0.1) is 12.1 Å². The van der Waals surface area contributed by atoms with Crippen molar-refractivity contribution in [1.29, 1.82) is 0 Å². The Balaban J connectivity index is 2.32. The summed E-state index contributed by atoms with van der Waals surface area (Å²) in [5.74, 6) is 0. The van der Waals surface area contributed by atoms with Gasteiger partial charge in [0.15, 0.2) is 6.29 Å². The molecule has 0 bridgehead atoms. The van der Waals surface area contributed by atoms with E-state index >= 15 is 0 Å². The second-order valence-corrected chi connectivity index (χ2v) is 4.91. The van der Waals surface area contributed by atoms with Gasteiger partial charge in [0.2, 0.25) is 0 Å². The molecule has 0 amide bonds. The van der Waals surface area contributed by atoms with Crippen LogP contribution >= 0.6 is 0 Å². The van der Waals surface area contributed by atoms with Crippen LogP contribution in [-0.2, 0) is 14.2 Å². The average molecular weight is 276 g/mol. The van der Waals surface area contributed by atoms with E-state index < -0.39 is 24.5 Å². The summed E-state index contributed by atoms with van der Waals surface area (Å²) < 4.78 is 16.5. The van der Waals surface area contributed by atoms with E-state index in [4.69, 9.17) is 19.9 Å². The number of aliphatic hydroxyl groups is 1. The third-order valence-electron chi connectivity index (χ3n) is 3.43. The first-order valence-corrected chi connectivity index (χ1v) is 7.06. The highest BCUT2D eigenvalue weighted by molar-refractivity contribution is 4.91. The standard InChI is InChI=1S/C13H28N2O4/c1-4-15-7-5-6-8-18-12-11(16)10(14)9(2)19-13(12)17-3/h9-13,15-16H,4-8,14H2,1-3H3/t9-,10-,11+,12-,13+/m1/s1. The maximum atomic E-state index is 10.1. The van der Waals surface area contributed by atoms with Crippen molar-refractivity contribution in [2.45, 2.75) is 57.3 Å². The molecular weight excluding hydrogens is 248 g/mol. The van der Waals surface area contributed by atoms with Gasteiger partial charge in [0.1, 0.15) is 12.2 Å². The van der Waals surface area contributed by atoms with Crippen molar-refractivity contribution in [2.24, 2.45) is 5.73 Å². The summed E-state index contributed by atoms with van der Waals surface area (Å²) >= 11 is 0. The number of ether oxygens (including phenoxy) is 3. The van der Waals surface area contributed by atoms with Crippen LogP contribution in [0.25, 0.3) is 0 Å². The number of hydrogen-bond acceptors (Lipinski definition) is 6. The van der Waals surface area contributed by atoms with E-state index in [1.807, 2.05) is 6.92 Å². The summed E-state index contributed by atoms with van der Waals surface area (Å²) in [6, 6.07) is -0.446. The maximum absolute atomic E-state index is 10.1. The molecule has 0 unspecified atom stereocenters. The predicted octanol–water partition coefficient (Wildman–Crippen LogP) is -0.159. The van der Waals surface area contributed by atoms with Crippen LogP contribution in [0.15, 0.2) is 0 Å². The molecule has 1 aliphatic heterocycles. The van der Waals surface area contributed by atoms with Crippen LogP contribution in [0, 0.1) is 0 Å². The molecule has 0 saturated carbocycles. The van der Waals surface area contributed by atoms with Gasteiger partial charge in [-0.15, -0.1) is 0 Å². The Kier molecular flexibility index (Phi) is 7.82. The minimum Gasteiger partial charge on any atom is -0.388 e. The van der Waals surface area contributed by atoms with Crippen molar-refractivity contribution in [3.8, 4) is 0 Å². The van der Waals surface area contributed by atoms with Gasteiger partial charge in [0.25, 0.3) is 0 Å². The largest absolute Gasteiger partial charge is 0.388 e. The molecule has 1 saturated heterocycles. The number of aliphatic hydroxyl groups excluding tert-OH is 1. The SMILES string of the molecule is CCNCCCCO[C@H]1[C@@H](OC)O[C@H](C)[C@@H](N)[C@@H]1O. The molecule has 5 atom stereocenters. The zero-order valence-electron chi connectivity index (χ0n) is 12.2. The van der Waals surface area contributed by atoms with Crippen molar-refractivity contribution < 1.29 is 19.3 Å². The lowest BCUT2D eigenvalue weighted by atomic mass is 9.98. The lowest BCUT2D eigenvalue weighted by molar-refractivity contribution is -0.272. The molecule has 1 fully saturated rings. The fourth-order valence-electron chi connectivity index (χ4n) is 2.15. The van der Waals surface area contributed by atoms with Crippen molar-refractivity contribution in [2.75, 3.05) is 26.8 Å². The van der Waals surface area contributed by atoms with Gasteiger partial charge in [-0.2, -0.15) is 0 Å². The quantitative estimate of drug-likeness (QED) is 0.534. The highest BCUT2D eigenvalue weighted by atomic mass is 16.7. The summed E-state index contributed by atoms with van der Waals surface area (Å²) in [4.78, 5) is 0. The number of methoxy groups -OCH3 is 1. The lowest BCUT2D eigenvalue weighted by Gasteiger charge is -2.41. The van der Waals surface area contributed by atoms with Crippen molar-refractivity contribution in [3.05, 3.63) is 0 Å². The van der Waals surface area contributed by atoms with Crippen LogP contribution in [0.1, 0.15) is 26.7 Å². The lowest BCUT2D eigenvalue weighted by Crippen LogP contribution is -2.61. The molecule has 0 aromatic rings. The van der Waals surface area contributed by atoms with Gasteiger partial charge in [-0.3, -0.25) is 0 Å². The Morgan fingerprint density at radius 1 is 1.37 bits per heavy atom. The van der Waals surface area contributed by atoms with Crippen LogP contribution in [0.3, 0.4) is 0 Å². The molecule has 6 heteroatoms. The maximum Gasteiger partial charge on any atom is 0.186 e. The highest BCUT2D eigenvalue weighted by Crippen LogP contribution is 2.22. The number of nitrogens with two attached hydrogens (primary N) is 1. The molecule has 6 nitrogen and oxygen atoms in total. The molecule has 4 N–H and O–H groups in total. The van der Waals surface area contributed by atoms with Crippen LogP contribution in [0.4, 0.5) is 0 Å². The summed E-state index contributed by atoms with van der Waals surface area (Å²) in [6.07, 6.45) is -0.111. The van der Waals surface area contributed by atoms with Gasteiger partial charge in [-0.05, 0) is 32.9 Å².